The van der Waals surface area contributed by atoms with E-state index in [0.29, 0.717) is 5.56 Å². The van der Waals surface area contributed by atoms with E-state index in [4.69, 9.17) is 5.73 Å². The molecule has 1 amide bonds. The van der Waals surface area contributed by atoms with Crippen molar-refractivity contribution in [1.29, 1.82) is 0 Å². The van der Waals surface area contributed by atoms with Gasteiger partial charge in [-0.2, -0.15) is 0 Å². The summed E-state index contributed by atoms with van der Waals surface area (Å²) in [5, 5.41) is 9.35. The van der Waals surface area contributed by atoms with E-state index in [2.05, 4.69) is 4.99 Å². The summed E-state index contributed by atoms with van der Waals surface area (Å²) >= 11 is 0. The molecular weight excluding hydrogens is 180 g/mol. The average molecular weight is 192 g/mol. The van der Waals surface area contributed by atoms with E-state index in [1.54, 1.807) is 31.2 Å². The molecule has 1 unspecified atom stereocenters. The zero-order chi connectivity index (χ0) is 10.6. The molecule has 0 aliphatic rings. The molecule has 0 heterocycles. The molecular formula is C10H12N2O2. The number of carbonyl (C=O) groups is 1. The van der Waals surface area contributed by atoms with Gasteiger partial charge < -0.3 is 10.8 Å². The highest BCUT2D eigenvalue weighted by Crippen LogP contribution is 2.12. The summed E-state index contributed by atoms with van der Waals surface area (Å²) in [5.74, 6) is -0.357. The van der Waals surface area contributed by atoms with Gasteiger partial charge in [0.2, 0.25) is 5.91 Å². The minimum atomic E-state index is -0.574. The Morgan fingerprint density at radius 3 is 2.79 bits per heavy atom. The SMILES string of the molecule is CC(N=Cc1ccccc1O)C(N)=O. The molecule has 0 radical (unpaired) electrons. The van der Waals surface area contributed by atoms with Gasteiger partial charge >= 0.3 is 0 Å². The number of aromatic hydroxyl groups is 1. The smallest absolute Gasteiger partial charge is 0.241 e. The lowest BCUT2D eigenvalue weighted by Crippen LogP contribution is -2.23. The Bertz CT molecular complexity index is 361. The number of nitrogens with zero attached hydrogens (tertiary/aromatic N) is 1. The Morgan fingerprint density at radius 2 is 2.21 bits per heavy atom. The Kier molecular flexibility index (Phi) is 3.23. The average Bonchev–Trinajstić information content (AvgIpc) is 2.16. The van der Waals surface area contributed by atoms with Gasteiger partial charge in [-0.15, -0.1) is 0 Å². The lowest BCUT2D eigenvalue weighted by Gasteiger charge is -2.00. The molecule has 4 heteroatoms. The fourth-order valence-corrected chi connectivity index (χ4v) is 0.862. The normalized spacial score (nSPS) is 12.9. The third kappa shape index (κ3) is 2.58. The van der Waals surface area contributed by atoms with Gasteiger partial charge in [0, 0.05) is 11.8 Å². The van der Waals surface area contributed by atoms with Crippen molar-refractivity contribution in [2.24, 2.45) is 10.7 Å². The van der Waals surface area contributed by atoms with Crippen molar-refractivity contribution in [1.82, 2.24) is 0 Å². The molecule has 1 aromatic carbocycles. The van der Waals surface area contributed by atoms with E-state index >= 15 is 0 Å². The maximum absolute atomic E-state index is 10.7. The number of para-hydroxylation sites is 1. The first-order valence-electron chi connectivity index (χ1n) is 4.21. The van der Waals surface area contributed by atoms with E-state index < -0.39 is 11.9 Å². The molecule has 1 rings (SSSR count). The van der Waals surface area contributed by atoms with Gasteiger partial charge in [-0.1, -0.05) is 12.1 Å². The molecule has 14 heavy (non-hydrogen) atoms. The van der Waals surface area contributed by atoms with Gasteiger partial charge in [-0.3, -0.25) is 9.79 Å². The van der Waals surface area contributed by atoms with Crippen LogP contribution in [0.25, 0.3) is 0 Å². The van der Waals surface area contributed by atoms with E-state index in [-0.39, 0.29) is 5.75 Å². The Morgan fingerprint density at radius 1 is 1.57 bits per heavy atom. The molecule has 1 atom stereocenters. The summed E-state index contributed by atoms with van der Waals surface area (Å²) < 4.78 is 0. The Labute approximate surface area is 82.1 Å². The molecule has 0 aliphatic carbocycles. The van der Waals surface area contributed by atoms with E-state index in [1.165, 1.54) is 6.21 Å². The first-order valence-corrected chi connectivity index (χ1v) is 4.21. The minimum Gasteiger partial charge on any atom is -0.507 e. The number of carbonyl (C=O) groups excluding carboxylic acids is 1. The summed E-state index contributed by atoms with van der Waals surface area (Å²) in [6, 6.07) is 6.16. The van der Waals surface area contributed by atoms with E-state index in [0.717, 1.165) is 0 Å². The molecule has 0 spiro atoms. The highest BCUT2D eigenvalue weighted by atomic mass is 16.3. The molecule has 0 saturated carbocycles. The van der Waals surface area contributed by atoms with Crippen molar-refractivity contribution in [2.45, 2.75) is 13.0 Å². The summed E-state index contributed by atoms with van der Waals surface area (Å²) in [6.45, 7) is 1.60. The van der Waals surface area contributed by atoms with Crippen LogP contribution in [0.1, 0.15) is 12.5 Å². The largest absolute Gasteiger partial charge is 0.507 e. The third-order valence-electron chi connectivity index (χ3n) is 1.79. The third-order valence-corrected chi connectivity index (χ3v) is 1.79. The molecule has 74 valence electrons. The highest BCUT2D eigenvalue weighted by Gasteiger charge is 2.04. The van der Waals surface area contributed by atoms with Crippen LogP contribution in [-0.2, 0) is 4.79 Å². The van der Waals surface area contributed by atoms with Crippen molar-refractivity contribution in [2.75, 3.05) is 0 Å². The molecule has 0 saturated heterocycles. The molecule has 0 aromatic heterocycles. The first-order chi connectivity index (χ1) is 6.61. The Hall–Kier alpha value is -1.84. The first kappa shape index (κ1) is 10.2. The van der Waals surface area contributed by atoms with Crippen LogP contribution < -0.4 is 5.73 Å². The van der Waals surface area contributed by atoms with Gasteiger partial charge in [0.05, 0.1) is 0 Å². The molecule has 3 N–H and O–H groups in total. The molecule has 0 aliphatic heterocycles. The van der Waals surface area contributed by atoms with Crippen LogP contribution in [0.3, 0.4) is 0 Å². The second-order valence-electron chi connectivity index (χ2n) is 2.92. The molecule has 0 bridgehead atoms. The molecule has 1 aromatic rings. The van der Waals surface area contributed by atoms with Gasteiger partial charge in [-0.25, -0.2) is 0 Å². The maximum Gasteiger partial charge on any atom is 0.241 e. The van der Waals surface area contributed by atoms with Gasteiger partial charge in [0.1, 0.15) is 11.8 Å². The van der Waals surface area contributed by atoms with Crippen molar-refractivity contribution in [3.8, 4) is 5.75 Å². The standard InChI is InChI=1S/C10H12N2O2/c1-7(10(11)14)12-6-8-4-2-3-5-9(8)13/h2-7,13H,1H3,(H2,11,14). The summed E-state index contributed by atoms with van der Waals surface area (Å²) in [6.07, 6.45) is 1.44. The molecule has 0 fully saturated rings. The van der Waals surface area contributed by atoms with Crippen molar-refractivity contribution < 1.29 is 9.90 Å². The maximum atomic E-state index is 10.7. The molecule has 4 nitrogen and oxygen atoms in total. The van der Waals surface area contributed by atoms with E-state index in [9.17, 15) is 9.90 Å². The van der Waals surface area contributed by atoms with Gasteiger partial charge in [0.25, 0.3) is 0 Å². The quantitative estimate of drug-likeness (QED) is 0.691. The van der Waals surface area contributed by atoms with Crippen LogP contribution in [-0.4, -0.2) is 23.3 Å². The van der Waals surface area contributed by atoms with Gasteiger partial charge in [0.15, 0.2) is 0 Å². The Balaban J connectivity index is 2.78. The van der Waals surface area contributed by atoms with Crippen LogP contribution in [0.15, 0.2) is 29.3 Å². The van der Waals surface area contributed by atoms with Crippen LogP contribution in [0.5, 0.6) is 5.75 Å². The number of primary amides is 1. The van der Waals surface area contributed by atoms with Crippen LogP contribution >= 0.6 is 0 Å². The number of aliphatic imine (C=N–C) groups is 1. The number of hydrogen-bond acceptors (Lipinski definition) is 3. The predicted molar refractivity (Wildman–Crippen MR) is 54.4 cm³/mol. The number of hydrogen-bond donors (Lipinski definition) is 2. The number of amides is 1. The topological polar surface area (TPSA) is 75.7 Å². The monoisotopic (exact) mass is 192 g/mol. The van der Waals surface area contributed by atoms with Crippen molar-refractivity contribution in [3.63, 3.8) is 0 Å². The summed E-state index contributed by atoms with van der Waals surface area (Å²) in [7, 11) is 0. The summed E-state index contributed by atoms with van der Waals surface area (Å²) in [5.41, 5.74) is 5.59. The van der Waals surface area contributed by atoms with Crippen LogP contribution in [0.4, 0.5) is 0 Å². The van der Waals surface area contributed by atoms with E-state index in [1.807, 2.05) is 0 Å². The number of phenols is 1. The lowest BCUT2D eigenvalue weighted by atomic mass is 10.2. The number of phenolic OH excluding ortho intramolecular Hbond substituents is 1. The number of benzene rings is 1. The lowest BCUT2D eigenvalue weighted by molar-refractivity contribution is -0.118. The van der Waals surface area contributed by atoms with Crippen molar-refractivity contribution >= 4 is 12.1 Å². The summed E-state index contributed by atoms with van der Waals surface area (Å²) in [4.78, 5) is 14.5. The zero-order valence-electron chi connectivity index (χ0n) is 7.84. The van der Waals surface area contributed by atoms with Crippen LogP contribution in [0, 0.1) is 0 Å². The zero-order valence-corrected chi connectivity index (χ0v) is 7.84. The minimum absolute atomic E-state index is 0.132. The number of nitrogens with two attached hydrogens (primary N) is 1. The van der Waals surface area contributed by atoms with Crippen molar-refractivity contribution in [3.05, 3.63) is 29.8 Å². The number of rotatable bonds is 3. The van der Waals surface area contributed by atoms with Crippen LogP contribution in [0.2, 0.25) is 0 Å². The second-order valence-corrected chi connectivity index (χ2v) is 2.92. The fourth-order valence-electron chi connectivity index (χ4n) is 0.862. The second kappa shape index (κ2) is 4.41. The van der Waals surface area contributed by atoms with Gasteiger partial charge in [-0.05, 0) is 19.1 Å². The predicted octanol–water partition coefficient (Wildman–Crippen LogP) is 0.685. The highest BCUT2D eigenvalue weighted by molar-refractivity contribution is 5.87. The fraction of sp³-hybridized carbons (Fsp3) is 0.200.